The van der Waals surface area contributed by atoms with E-state index in [1.807, 2.05) is 12.1 Å². The van der Waals surface area contributed by atoms with E-state index >= 15 is 0 Å². The first-order valence-electron chi connectivity index (χ1n) is 5.65. The van der Waals surface area contributed by atoms with Crippen LogP contribution in [0.3, 0.4) is 0 Å². The highest BCUT2D eigenvalue weighted by Crippen LogP contribution is 2.23. The number of likely N-dealkylation sites (tertiary alicyclic amines) is 1. The minimum Gasteiger partial charge on any atom is -0.394 e. The van der Waals surface area contributed by atoms with Crippen LogP contribution in [0.5, 0.6) is 0 Å². The summed E-state index contributed by atoms with van der Waals surface area (Å²) in [6.07, 6.45) is 1.79. The minimum atomic E-state index is -0.199. The van der Waals surface area contributed by atoms with Gasteiger partial charge >= 0.3 is 6.03 Å². The van der Waals surface area contributed by atoms with Crippen molar-refractivity contribution < 1.29 is 9.90 Å². The summed E-state index contributed by atoms with van der Waals surface area (Å²) in [4.78, 5) is 13.6. The Kier molecular flexibility index (Phi) is 3.86. The van der Waals surface area contributed by atoms with Gasteiger partial charge in [0.15, 0.2) is 0 Å². The highest BCUT2D eigenvalue weighted by atomic mass is 35.5. The van der Waals surface area contributed by atoms with Gasteiger partial charge in [0, 0.05) is 6.54 Å². The van der Waals surface area contributed by atoms with Crippen molar-refractivity contribution in [3.63, 3.8) is 0 Å². The molecule has 0 radical (unpaired) electrons. The number of hydrogen-bond acceptors (Lipinski definition) is 2. The molecule has 1 heterocycles. The molecule has 5 heteroatoms. The molecule has 1 fully saturated rings. The number of aliphatic hydroxyl groups is 1. The number of rotatable bonds is 2. The summed E-state index contributed by atoms with van der Waals surface area (Å²) in [5.74, 6) is 0. The monoisotopic (exact) mass is 254 g/mol. The van der Waals surface area contributed by atoms with Gasteiger partial charge in [-0.3, -0.25) is 0 Å². The zero-order valence-corrected chi connectivity index (χ0v) is 10.2. The zero-order valence-electron chi connectivity index (χ0n) is 9.40. The maximum Gasteiger partial charge on any atom is 0.322 e. The molecule has 0 aliphatic carbocycles. The van der Waals surface area contributed by atoms with Crippen molar-refractivity contribution in [3.8, 4) is 0 Å². The van der Waals surface area contributed by atoms with Gasteiger partial charge in [-0.25, -0.2) is 4.79 Å². The number of aliphatic hydroxyl groups excluding tert-OH is 1. The van der Waals surface area contributed by atoms with Crippen LogP contribution in [0.4, 0.5) is 10.5 Å². The lowest BCUT2D eigenvalue weighted by Crippen LogP contribution is -2.40. The number of benzene rings is 1. The van der Waals surface area contributed by atoms with Crippen molar-refractivity contribution in [2.75, 3.05) is 18.5 Å². The number of para-hydroxylation sites is 1. The first kappa shape index (κ1) is 12.2. The van der Waals surface area contributed by atoms with E-state index < -0.39 is 0 Å². The molecule has 0 aromatic heterocycles. The van der Waals surface area contributed by atoms with Gasteiger partial charge in [0.25, 0.3) is 0 Å². The number of carbonyl (C=O) groups excluding carboxylic acids is 1. The fraction of sp³-hybridized carbons (Fsp3) is 0.417. The number of nitrogens with zero attached hydrogens (tertiary/aromatic N) is 1. The first-order valence-corrected chi connectivity index (χ1v) is 6.03. The second-order valence-corrected chi connectivity index (χ2v) is 4.49. The summed E-state index contributed by atoms with van der Waals surface area (Å²) in [5, 5.41) is 12.4. The molecule has 1 aliphatic heterocycles. The molecule has 2 rings (SSSR count). The van der Waals surface area contributed by atoms with Crippen LogP contribution >= 0.6 is 11.6 Å². The number of anilines is 1. The Morgan fingerprint density at radius 3 is 3.00 bits per heavy atom. The molecule has 1 aromatic carbocycles. The van der Waals surface area contributed by atoms with Crippen LogP contribution in [0.15, 0.2) is 24.3 Å². The van der Waals surface area contributed by atoms with Gasteiger partial charge in [-0.15, -0.1) is 0 Å². The molecule has 1 aromatic rings. The third-order valence-electron chi connectivity index (χ3n) is 2.96. The average molecular weight is 255 g/mol. The fourth-order valence-electron chi connectivity index (χ4n) is 2.04. The number of hydrogen-bond donors (Lipinski definition) is 2. The lowest BCUT2D eigenvalue weighted by Gasteiger charge is -2.23. The predicted molar refractivity (Wildman–Crippen MR) is 67.3 cm³/mol. The fourth-order valence-corrected chi connectivity index (χ4v) is 2.23. The number of halogens is 1. The van der Waals surface area contributed by atoms with Gasteiger partial charge in [0.2, 0.25) is 0 Å². The van der Waals surface area contributed by atoms with E-state index in [-0.39, 0.29) is 18.7 Å². The van der Waals surface area contributed by atoms with Gasteiger partial charge in [-0.1, -0.05) is 23.7 Å². The lowest BCUT2D eigenvalue weighted by atomic mass is 10.2. The molecular formula is C12H15ClN2O2. The Morgan fingerprint density at radius 1 is 1.53 bits per heavy atom. The van der Waals surface area contributed by atoms with E-state index in [9.17, 15) is 4.79 Å². The molecular weight excluding hydrogens is 240 g/mol. The van der Waals surface area contributed by atoms with Crippen LogP contribution in [0.1, 0.15) is 12.8 Å². The summed E-state index contributed by atoms with van der Waals surface area (Å²) in [6.45, 7) is 0.692. The van der Waals surface area contributed by atoms with Crippen LogP contribution in [0.2, 0.25) is 5.02 Å². The molecule has 0 spiro atoms. The maximum absolute atomic E-state index is 12.0. The SMILES string of the molecule is O=C(Nc1ccccc1Cl)N1CCCC1CO. The zero-order chi connectivity index (χ0) is 12.3. The summed E-state index contributed by atoms with van der Waals surface area (Å²) in [6, 6.07) is 6.83. The second-order valence-electron chi connectivity index (χ2n) is 4.08. The summed E-state index contributed by atoms with van der Waals surface area (Å²) in [7, 11) is 0. The number of amides is 2. The normalized spacial score (nSPS) is 19.4. The highest BCUT2D eigenvalue weighted by Gasteiger charge is 2.28. The summed E-state index contributed by atoms with van der Waals surface area (Å²) >= 11 is 5.96. The first-order chi connectivity index (χ1) is 8.22. The Labute approximate surface area is 105 Å². The van der Waals surface area contributed by atoms with E-state index in [2.05, 4.69) is 5.32 Å². The molecule has 0 bridgehead atoms. The molecule has 1 saturated heterocycles. The Balaban J connectivity index is 2.04. The third-order valence-corrected chi connectivity index (χ3v) is 3.29. The van der Waals surface area contributed by atoms with E-state index in [4.69, 9.17) is 16.7 Å². The van der Waals surface area contributed by atoms with E-state index in [1.54, 1.807) is 17.0 Å². The van der Waals surface area contributed by atoms with Crippen LogP contribution in [0.25, 0.3) is 0 Å². The Hall–Kier alpha value is -1.26. The van der Waals surface area contributed by atoms with Gasteiger partial charge in [0.05, 0.1) is 23.4 Å². The van der Waals surface area contributed by atoms with Crippen LogP contribution in [0, 0.1) is 0 Å². The van der Waals surface area contributed by atoms with E-state index in [1.165, 1.54) is 0 Å². The molecule has 17 heavy (non-hydrogen) atoms. The van der Waals surface area contributed by atoms with Crippen LogP contribution in [-0.4, -0.2) is 35.2 Å². The minimum absolute atomic E-state index is 0.00986. The van der Waals surface area contributed by atoms with E-state index in [0.29, 0.717) is 17.3 Å². The summed E-state index contributed by atoms with van der Waals surface area (Å²) in [5.41, 5.74) is 0.600. The van der Waals surface area contributed by atoms with Crippen molar-refractivity contribution in [2.24, 2.45) is 0 Å². The average Bonchev–Trinajstić information content (AvgIpc) is 2.80. The smallest absolute Gasteiger partial charge is 0.322 e. The molecule has 2 amide bonds. The van der Waals surface area contributed by atoms with Gasteiger partial charge < -0.3 is 15.3 Å². The van der Waals surface area contributed by atoms with Gasteiger partial charge in [-0.2, -0.15) is 0 Å². The van der Waals surface area contributed by atoms with Crippen molar-refractivity contribution in [1.29, 1.82) is 0 Å². The Bertz CT molecular complexity index is 411. The topological polar surface area (TPSA) is 52.6 Å². The van der Waals surface area contributed by atoms with Crippen molar-refractivity contribution in [3.05, 3.63) is 29.3 Å². The Morgan fingerprint density at radius 2 is 2.29 bits per heavy atom. The van der Waals surface area contributed by atoms with Gasteiger partial charge in [0.1, 0.15) is 0 Å². The third kappa shape index (κ3) is 2.70. The largest absolute Gasteiger partial charge is 0.394 e. The lowest BCUT2D eigenvalue weighted by molar-refractivity contribution is 0.166. The van der Waals surface area contributed by atoms with Crippen molar-refractivity contribution in [2.45, 2.75) is 18.9 Å². The summed E-state index contributed by atoms with van der Waals surface area (Å²) < 4.78 is 0. The van der Waals surface area contributed by atoms with Crippen molar-refractivity contribution >= 4 is 23.3 Å². The number of carbonyl (C=O) groups is 1. The number of nitrogens with one attached hydrogen (secondary N) is 1. The van der Waals surface area contributed by atoms with Crippen LogP contribution in [-0.2, 0) is 0 Å². The van der Waals surface area contributed by atoms with Gasteiger partial charge in [-0.05, 0) is 25.0 Å². The molecule has 0 saturated carbocycles. The number of urea groups is 1. The highest BCUT2D eigenvalue weighted by molar-refractivity contribution is 6.33. The molecule has 1 atom stereocenters. The quantitative estimate of drug-likeness (QED) is 0.851. The standard InChI is InChI=1S/C12H15ClN2O2/c13-10-5-1-2-6-11(10)14-12(17)15-7-3-4-9(15)8-16/h1-2,5-6,9,16H,3-4,7-8H2,(H,14,17). The molecule has 2 N–H and O–H groups in total. The molecule has 92 valence electrons. The maximum atomic E-state index is 12.0. The predicted octanol–water partition coefficient (Wildman–Crippen LogP) is 2.33. The molecule has 1 aliphatic rings. The molecule has 4 nitrogen and oxygen atoms in total. The molecule has 1 unspecified atom stereocenters. The van der Waals surface area contributed by atoms with Crippen LogP contribution < -0.4 is 5.32 Å². The van der Waals surface area contributed by atoms with E-state index in [0.717, 1.165) is 12.8 Å². The van der Waals surface area contributed by atoms with Crippen molar-refractivity contribution in [1.82, 2.24) is 4.90 Å². The second kappa shape index (κ2) is 5.38.